The van der Waals surface area contributed by atoms with Crippen molar-refractivity contribution < 1.29 is 14.7 Å². The van der Waals surface area contributed by atoms with Gasteiger partial charge in [-0.1, -0.05) is 47.5 Å². The van der Waals surface area contributed by atoms with E-state index in [2.05, 4.69) is 24.3 Å². The predicted octanol–water partition coefficient (Wildman–Crippen LogP) is 2.37. The van der Waals surface area contributed by atoms with Gasteiger partial charge in [0.15, 0.2) is 0 Å². The molecule has 23 heavy (non-hydrogen) atoms. The van der Waals surface area contributed by atoms with Crippen LogP contribution in [0.5, 0.6) is 5.75 Å². The van der Waals surface area contributed by atoms with Crippen LogP contribution in [-0.4, -0.2) is 30.9 Å². The molecular weight excluding hydrogens is 333 g/mol. The van der Waals surface area contributed by atoms with Gasteiger partial charge in [-0.05, 0) is 23.8 Å². The van der Waals surface area contributed by atoms with Gasteiger partial charge in [0.05, 0.1) is 11.6 Å². The minimum absolute atomic E-state index is 0.229. The quantitative estimate of drug-likeness (QED) is 0.866. The van der Waals surface area contributed by atoms with Crippen LogP contribution in [0.4, 0.5) is 0 Å². The molecule has 3 nitrogen and oxygen atoms in total. The third-order valence-corrected chi connectivity index (χ3v) is 4.69. The average molecular weight is 353 g/mol. The lowest BCUT2D eigenvalue weighted by atomic mass is 10.00. The van der Waals surface area contributed by atoms with E-state index < -0.39 is 6.10 Å². The number of benzene rings is 2. The zero-order valence-corrected chi connectivity index (χ0v) is 14.3. The first kappa shape index (κ1) is 16.6. The molecule has 122 valence electrons. The van der Waals surface area contributed by atoms with Crippen LogP contribution in [0.25, 0.3) is 0 Å². The Labute approximate surface area is 146 Å². The van der Waals surface area contributed by atoms with Gasteiger partial charge in [-0.25, -0.2) is 0 Å². The van der Waals surface area contributed by atoms with Crippen molar-refractivity contribution in [2.45, 2.75) is 19.1 Å². The van der Waals surface area contributed by atoms with Crippen LogP contribution in [0.2, 0.25) is 10.0 Å². The number of aliphatic hydroxyl groups is 1. The molecule has 2 aromatic carbocycles. The third-order valence-electron chi connectivity index (χ3n) is 4.16. The number of fused-ring (bicyclic) bond motifs is 1. The summed E-state index contributed by atoms with van der Waals surface area (Å²) in [6, 6.07) is 13.6. The fraction of sp³-hybridized carbons (Fsp3) is 0.333. The summed E-state index contributed by atoms with van der Waals surface area (Å²) < 4.78 is 5.61. The summed E-state index contributed by atoms with van der Waals surface area (Å²) in [4.78, 5) is 1.38. The van der Waals surface area contributed by atoms with Crippen molar-refractivity contribution in [2.24, 2.45) is 0 Å². The average Bonchev–Trinajstić information content (AvgIpc) is 2.54. The van der Waals surface area contributed by atoms with E-state index >= 15 is 0 Å². The van der Waals surface area contributed by atoms with Crippen molar-refractivity contribution in [2.75, 3.05) is 19.7 Å². The molecule has 0 fully saturated rings. The molecule has 2 atom stereocenters. The highest BCUT2D eigenvalue weighted by Crippen LogP contribution is 2.27. The van der Waals surface area contributed by atoms with Crippen LogP contribution in [0.1, 0.15) is 11.1 Å². The second-order valence-electron chi connectivity index (χ2n) is 5.94. The van der Waals surface area contributed by atoms with Crippen molar-refractivity contribution in [1.29, 1.82) is 0 Å². The van der Waals surface area contributed by atoms with Gasteiger partial charge in [-0.2, -0.15) is 0 Å². The fourth-order valence-corrected chi connectivity index (χ4v) is 3.45. The summed E-state index contributed by atoms with van der Waals surface area (Å²) in [5, 5.41) is 11.3. The summed E-state index contributed by atoms with van der Waals surface area (Å²) in [5.41, 5.74) is 2.80. The molecule has 0 saturated carbocycles. The molecule has 5 heteroatoms. The second kappa shape index (κ2) is 7.54. The molecule has 0 radical (unpaired) electrons. The van der Waals surface area contributed by atoms with Crippen LogP contribution in [0, 0.1) is 0 Å². The minimum Gasteiger partial charge on any atom is -0.489 e. The molecule has 1 heterocycles. The van der Waals surface area contributed by atoms with E-state index in [-0.39, 0.29) is 6.61 Å². The van der Waals surface area contributed by atoms with Gasteiger partial charge in [0.2, 0.25) is 0 Å². The van der Waals surface area contributed by atoms with E-state index in [1.807, 2.05) is 0 Å². The fourth-order valence-electron chi connectivity index (χ4n) is 2.99. The van der Waals surface area contributed by atoms with Crippen LogP contribution in [0.3, 0.4) is 0 Å². The number of nitrogens with one attached hydrogen (secondary N) is 1. The first-order chi connectivity index (χ1) is 11.1. The Balaban J connectivity index is 1.51. The van der Waals surface area contributed by atoms with E-state index in [9.17, 15) is 5.11 Å². The van der Waals surface area contributed by atoms with Gasteiger partial charge >= 0.3 is 0 Å². The van der Waals surface area contributed by atoms with Crippen LogP contribution < -0.4 is 9.64 Å². The first-order valence-electron chi connectivity index (χ1n) is 7.78. The predicted molar refractivity (Wildman–Crippen MR) is 92.5 cm³/mol. The van der Waals surface area contributed by atoms with Gasteiger partial charge in [0, 0.05) is 17.0 Å². The zero-order valence-electron chi connectivity index (χ0n) is 12.8. The Hall–Kier alpha value is -1.26. The maximum absolute atomic E-state index is 10.2. The Morgan fingerprint density at radius 2 is 1.91 bits per heavy atom. The van der Waals surface area contributed by atoms with E-state index in [1.165, 1.54) is 16.0 Å². The SMILES string of the molecule is O[C@@H](COc1ccc(Cl)cc1Cl)C[NH+]1CCc2ccccc2C1. The van der Waals surface area contributed by atoms with Crippen LogP contribution >= 0.6 is 23.2 Å². The summed E-state index contributed by atoms with van der Waals surface area (Å²) in [6.07, 6.45) is 0.532. The highest BCUT2D eigenvalue weighted by Gasteiger charge is 2.22. The molecule has 0 amide bonds. The van der Waals surface area contributed by atoms with Gasteiger partial charge < -0.3 is 14.7 Å². The van der Waals surface area contributed by atoms with Crippen molar-refractivity contribution in [1.82, 2.24) is 0 Å². The second-order valence-corrected chi connectivity index (χ2v) is 6.78. The molecule has 1 unspecified atom stereocenters. The minimum atomic E-state index is -0.526. The number of rotatable bonds is 5. The van der Waals surface area contributed by atoms with E-state index in [0.29, 0.717) is 22.3 Å². The first-order valence-corrected chi connectivity index (χ1v) is 8.53. The Morgan fingerprint density at radius 1 is 1.13 bits per heavy atom. The van der Waals surface area contributed by atoms with Crippen molar-refractivity contribution in [3.63, 3.8) is 0 Å². The summed E-state index contributed by atoms with van der Waals surface area (Å²) in [7, 11) is 0. The smallest absolute Gasteiger partial charge is 0.138 e. The Bertz CT molecular complexity index is 678. The lowest BCUT2D eigenvalue weighted by Gasteiger charge is -2.27. The monoisotopic (exact) mass is 352 g/mol. The number of halogens is 2. The number of hydrogen-bond donors (Lipinski definition) is 2. The van der Waals surface area contributed by atoms with E-state index in [0.717, 1.165) is 19.5 Å². The van der Waals surface area contributed by atoms with Crippen LogP contribution in [0.15, 0.2) is 42.5 Å². The lowest BCUT2D eigenvalue weighted by Crippen LogP contribution is -3.13. The molecule has 1 aliphatic rings. The van der Waals surface area contributed by atoms with Crippen molar-refractivity contribution >= 4 is 23.2 Å². The Kier molecular flexibility index (Phi) is 5.44. The molecule has 0 bridgehead atoms. The molecule has 0 aromatic heterocycles. The van der Waals surface area contributed by atoms with Gasteiger partial charge in [0.25, 0.3) is 0 Å². The van der Waals surface area contributed by atoms with Crippen molar-refractivity contribution in [3.8, 4) is 5.75 Å². The van der Waals surface area contributed by atoms with Crippen molar-refractivity contribution in [3.05, 3.63) is 63.6 Å². The van der Waals surface area contributed by atoms with E-state index in [1.54, 1.807) is 18.2 Å². The number of ether oxygens (including phenoxy) is 1. The van der Waals surface area contributed by atoms with E-state index in [4.69, 9.17) is 27.9 Å². The molecule has 0 saturated heterocycles. The number of hydrogen-bond acceptors (Lipinski definition) is 2. The molecule has 2 aromatic rings. The molecule has 0 aliphatic carbocycles. The largest absolute Gasteiger partial charge is 0.489 e. The van der Waals surface area contributed by atoms with Gasteiger partial charge in [-0.3, -0.25) is 0 Å². The third kappa shape index (κ3) is 4.39. The highest BCUT2D eigenvalue weighted by atomic mass is 35.5. The topological polar surface area (TPSA) is 33.9 Å². The molecular formula is C18H20Cl2NO2+. The number of quaternary nitrogens is 1. The maximum Gasteiger partial charge on any atom is 0.138 e. The molecule has 1 aliphatic heterocycles. The standard InChI is InChI=1S/C18H19Cl2NO2/c19-15-5-6-18(17(20)9-15)23-12-16(22)11-21-8-7-13-3-1-2-4-14(13)10-21/h1-6,9,16,22H,7-8,10-12H2/p+1/t16-/m1/s1. The molecule has 2 N–H and O–H groups in total. The summed E-state index contributed by atoms with van der Waals surface area (Å²) in [6.45, 7) is 2.89. The lowest BCUT2D eigenvalue weighted by molar-refractivity contribution is -0.918. The number of aliphatic hydroxyl groups excluding tert-OH is 1. The zero-order chi connectivity index (χ0) is 16.2. The molecule has 3 rings (SSSR count). The maximum atomic E-state index is 10.2. The normalized spacial score (nSPS) is 18.3. The van der Waals surface area contributed by atoms with Gasteiger partial charge in [-0.15, -0.1) is 0 Å². The summed E-state index contributed by atoms with van der Waals surface area (Å²) >= 11 is 11.9. The molecule has 0 spiro atoms. The van der Waals surface area contributed by atoms with Crippen LogP contribution in [-0.2, 0) is 13.0 Å². The summed E-state index contributed by atoms with van der Waals surface area (Å²) in [5.74, 6) is 0.550. The van der Waals surface area contributed by atoms with Gasteiger partial charge in [0.1, 0.15) is 31.5 Å². The highest BCUT2D eigenvalue weighted by molar-refractivity contribution is 6.35. The Morgan fingerprint density at radius 3 is 2.70 bits per heavy atom.